The number of benzene rings is 2. The van der Waals surface area contributed by atoms with Gasteiger partial charge in [-0.3, -0.25) is 4.79 Å². The molecule has 5 heteroatoms. The molecule has 2 aromatic carbocycles. The van der Waals surface area contributed by atoms with Gasteiger partial charge in [0.25, 0.3) is 0 Å². The Hall–Kier alpha value is -2.53. The second kappa shape index (κ2) is 6.30. The molecule has 0 aliphatic heterocycles. The summed E-state index contributed by atoms with van der Waals surface area (Å²) in [6.45, 7) is 4.09. The molecule has 0 saturated carbocycles. The smallest absolute Gasteiger partial charge is 0.241 e. The summed E-state index contributed by atoms with van der Waals surface area (Å²) in [4.78, 5) is 21.3. The number of hydrogen-bond acceptors (Lipinski definition) is 4. The number of rotatable bonds is 4. The van der Waals surface area contributed by atoms with E-state index in [2.05, 4.69) is 15.3 Å². The minimum absolute atomic E-state index is 0.174. The van der Waals surface area contributed by atoms with Crippen molar-refractivity contribution in [2.24, 2.45) is 11.7 Å². The zero-order valence-electron chi connectivity index (χ0n) is 13.3. The van der Waals surface area contributed by atoms with Crippen LogP contribution in [0.1, 0.15) is 20.3 Å². The summed E-state index contributed by atoms with van der Waals surface area (Å²) in [6.07, 6.45) is 0.657. The first-order valence-corrected chi connectivity index (χ1v) is 7.76. The first-order valence-electron chi connectivity index (χ1n) is 7.76. The Morgan fingerprint density at radius 1 is 1.04 bits per heavy atom. The first-order chi connectivity index (χ1) is 11.0. The highest BCUT2D eigenvalue weighted by Gasteiger charge is 2.15. The maximum atomic E-state index is 12.1. The number of hydrogen-bond donors (Lipinski definition) is 2. The number of fused-ring (bicyclic) bond motifs is 2. The van der Waals surface area contributed by atoms with Crippen LogP contribution in [-0.4, -0.2) is 21.9 Å². The summed E-state index contributed by atoms with van der Waals surface area (Å²) in [5.41, 5.74) is 9.84. The van der Waals surface area contributed by atoms with Crippen molar-refractivity contribution in [2.75, 3.05) is 5.32 Å². The van der Waals surface area contributed by atoms with Crippen molar-refractivity contribution in [1.29, 1.82) is 0 Å². The minimum atomic E-state index is -0.506. The quantitative estimate of drug-likeness (QED) is 0.726. The number of carbonyl (C=O) groups is 1. The van der Waals surface area contributed by atoms with E-state index in [1.165, 1.54) is 0 Å². The summed E-state index contributed by atoms with van der Waals surface area (Å²) in [5.74, 6) is 0.205. The summed E-state index contributed by atoms with van der Waals surface area (Å²) in [7, 11) is 0. The van der Waals surface area contributed by atoms with Gasteiger partial charge in [-0.1, -0.05) is 26.0 Å². The first kappa shape index (κ1) is 15.4. The van der Waals surface area contributed by atoms with Crippen molar-refractivity contribution >= 4 is 33.7 Å². The zero-order chi connectivity index (χ0) is 16.4. The molecule has 0 aliphatic carbocycles. The van der Waals surface area contributed by atoms with E-state index in [4.69, 9.17) is 5.73 Å². The predicted molar refractivity (Wildman–Crippen MR) is 93.1 cm³/mol. The highest BCUT2D eigenvalue weighted by Crippen LogP contribution is 2.20. The molecule has 0 unspecified atom stereocenters. The third-order valence-corrected chi connectivity index (χ3v) is 3.67. The normalized spacial score (nSPS) is 12.7. The molecule has 3 aromatic rings. The van der Waals surface area contributed by atoms with Crippen molar-refractivity contribution in [1.82, 2.24) is 9.97 Å². The van der Waals surface area contributed by atoms with Gasteiger partial charge in [0, 0.05) is 5.69 Å². The Balaban J connectivity index is 1.87. The molecule has 0 aliphatic rings. The Kier molecular flexibility index (Phi) is 4.21. The van der Waals surface area contributed by atoms with E-state index in [1.807, 2.05) is 56.3 Å². The third kappa shape index (κ3) is 3.46. The van der Waals surface area contributed by atoms with E-state index in [-0.39, 0.29) is 5.91 Å². The second-order valence-corrected chi connectivity index (χ2v) is 6.14. The van der Waals surface area contributed by atoms with Crippen LogP contribution in [0, 0.1) is 5.92 Å². The lowest BCUT2D eigenvalue weighted by Gasteiger charge is -2.14. The van der Waals surface area contributed by atoms with Gasteiger partial charge < -0.3 is 11.1 Å². The number of nitrogens with two attached hydrogens (primary N) is 1. The molecule has 1 atom stereocenters. The van der Waals surface area contributed by atoms with Crippen LogP contribution in [-0.2, 0) is 4.79 Å². The molecule has 5 nitrogen and oxygen atoms in total. The van der Waals surface area contributed by atoms with Crippen molar-refractivity contribution in [3.63, 3.8) is 0 Å². The largest absolute Gasteiger partial charge is 0.325 e. The number of anilines is 1. The van der Waals surface area contributed by atoms with Gasteiger partial charge in [-0.05, 0) is 42.7 Å². The molecule has 0 radical (unpaired) electrons. The Labute approximate surface area is 134 Å². The average Bonchev–Trinajstić information content (AvgIpc) is 2.52. The van der Waals surface area contributed by atoms with E-state index in [0.717, 1.165) is 22.1 Å². The summed E-state index contributed by atoms with van der Waals surface area (Å²) in [5, 5.41) is 2.86. The molecule has 3 rings (SSSR count). The molecular formula is C18H20N4O. The van der Waals surface area contributed by atoms with Gasteiger partial charge >= 0.3 is 0 Å². The van der Waals surface area contributed by atoms with Gasteiger partial charge in [0.2, 0.25) is 5.91 Å². The van der Waals surface area contributed by atoms with Crippen molar-refractivity contribution in [3.8, 4) is 0 Å². The van der Waals surface area contributed by atoms with Gasteiger partial charge in [0.15, 0.2) is 0 Å². The van der Waals surface area contributed by atoms with Crippen LogP contribution >= 0.6 is 0 Å². The molecule has 1 heterocycles. The summed E-state index contributed by atoms with van der Waals surface area (Å²) >= 11 is 0. The minimum Gasteiger partial charge on any atom is -0.325 e. The van der Waals surface area contributed by atoms with Crippen molar-refractivity contribution in [3.05, 3.63) is 42.5 Å². The van der Waals surface area contributed by atoms with Crippen LogP contribution in [0.3, 0.4) is 0 Å². The van der Waals surface area contributed by atoms with Crippen LogP contribution < -0.4 is 11.1 Å². The van der Waals surface area contributed by atoms with E-state index in [1.54, 1.807) is 0 Å². The van der Waals surface area contributed by atoms with Crippen LogP contribution in [0.25, 0.3) is 22.1 Å². The maximum Gasteiger partial charge on any atom is 0.241 e. The number of aromatic nitrogens is 2. The number of amides is 1. The van der Waals surface area contributed by atoms with Gasteiger partial charge in [-0.15, -0.1) is 0 Å². The molecule has 3 N–H and O–H groups in total. The molecule has 1 aromatic heterocycles. The van der Waals surface area contributed by atoms with Gasteiger partial charge in [0.05, 0.1) is 28.1 Å². The van der Waals surface area contributed by atoms with E-state index < -0.39 is 6.04 Å². The molecule has 1 amide bonds. The maximum absolute atomic E-state index is 12.1. The fourth-order valence-electron chi connectivity index (χ4n) is 2.55. The molecule has 118 valence electrons. The number of para-hydroxylation sites is 2. The van der Waals surface area contributed by atoms with Crippen LogP contribution in [0.15, 0.2) is 42.5 Å². The standard InChI is InChI=1S/C18H20N4O/c1-11(2)9-13(19)18(23)20-12-7-8-16-17(10-12)22-15-6-4-3-5-14(15)21-16/h3-8,10-11,13H,9,19H2,1-2H3,(H,20,23)/t13-/m0/s1. The predicted octanol–water partition coefficient (Wildman–Crippen LogP) is 3.09. The lowest BCUT2D eigenvalue weighted by molar-refractivity contribution is -0.117. The molecule has 0 saturated heterocycles. The van der Waals surface area contributed by atoms with E-state index in [9.17, 15) is 4.79 Å². The highest BCUT2D eigenvalue weighted by molar-refractivity contribution is 5.97. The van der Waals surface area contributed by atoms with Crippen LogP contribution in [0.4, 0.5) is 5.69 Å². The molecule has 23 heavy (non-hydrogen) atoms. The van der Waals surface area contributed by atoms with Gasteiger partial charge in [-0.25, -0.2) is 9.97 Å². The monoisotopic (exact) mass is 308 g/mol. The zero-order valence-corrected chi connectivity index (χ0v) is 13.3. The Morgan fingerprint density at radius 2 is 1.65 bits per heavy atom. The number of nitrogens with zero attached hydrogens (tertiary/aromatic N) is 2. The lowest BCUT2D eigenvalue weighted by Crippen LogP contribution is -2.36. The third-order valence-electron chi connectivity index (χ3n) is 3.67. The van der Waals surface area contributed by atoms with Crippen molar-refractivity contribution in [2.45, 2.75) is 26.3 Å². The molecule has 0 spiro atoms. The topological polar surface area (TPSA) is 80.9 Å². The Bertz CT molecular complexity index is 860. The SMILES string of the molecule is CC(C)C[C@H](N)C(=O)Nc1ccc2nc3ccccc3nc2c1. The van der Waals surface area contributed by atoms with Gasteiger partial charge in [0.1, 0.15) is 0 Å². The lowest BCUT2D eigenvalue weighted by atomic mass is 10.0. The second-order valence-electron chi connectivity index (χ2n) is 6.14. The van der Waals surface area contributed by atoms with Gasteiger partial charge in [-0.2, -0.15) is 0 Å². The molecular weight excluding hydrogens is 288 g/mol. The highest BCUT2D eigenvalue weighted by atomic mass is 16.2. The fraction of sp³-hybridized carbons (Fsp3) is 0.278. The fourth-order valence-corrected chi connectivity index (χ4v) is 2.55. The van der Waals surface area contributed by atoms with Crippen LogP contribution in [0.5, 0.6) is 0 Å². The Morgan fingerprint density at radius 3 is 2.30 bits per heavy atom. The van der Waals surface area contributed by atoms with Crippen LogP contribution in [0.2, 0.25) is 0 Å². The number of nitrogens with one attached hydrogen (secondary N) is 1. The average molecular weight is 308 g/mol. The number of carbonyl (C=O) groups excluding carboxylic acids is 1. The summed E-state index contributed by atoms with van der Waals surface area (Å²) in [6, 6.07) is 12.7. The van der Waals surface area contributed by atoms with Crippen molar-refractivity contribution < 1.29 is 4.79 Å². The van der Waals surface area contributed by atoms with E-state index in [0.29, 0.717) is 18.0 Å². The molecule has 0 bridgehead atoms. The van der Waals surface area contributed by atoms with E-state index >= 15 is 0 Å². The molecule has 0 fully saturated rings. The summed E-state index contributed by atoms with van der Waals surface area (Å²) < 4.78 is 0.